The van der Waals surface area contributed by atoms with Crippen LogP contribution in [0.3, 0.4) is 0 Å². The van der Waals surface area contributed by atoms with E-state index in [1.54, 1.807) is 12.8 Å². The minimum atomic E-state index is 0.650. The van der Waals surface area contributed by atoms with Gasteiger partial charge in [0, 0.05) is 0 Å². The fourth-order valence-corrected chi connectivity index (χ4v) is 3.44. The largest absolute Gasteiger partial charge is 0.0599 e. The van der Waals surface area contributed by atoms with E-state index in [2.05, 4.69) is 13.8 Å². The molecule has 0 aromatic heterocycles. The molecule has 0 amide bonds. The summed E-state index contributed by atoms with van der Waals surface area (Å²) >= 11 is 0. The van der Waals surface area contributed by atoms with Crippen LogP contribution in [-0.4, -0.2) is 0 Å². The molecule has 14 heavy (non-hydrogen) atoms. The first-order valence-electron chi connectivity index (χ1n) is 6.62. The smallest absolute Gasteiger partial charge is 0.0297 e. The highest BCUT2D eigenvalue weighted by Crippen LogP contribution is 2.51. The van der Waals surface area contributed by atoms with Crippen LogP contribution in [0.15, 0.2) is 0 Å². The first kappa shape index (κ1) is 10.5. The molecular formula is C14H26. The lowest BCUT2D eigenvalue weighted by Crippen LogP contribution is -2.30. The minimum absolute atomic E-state index is 0.650. The van der Waals surface area contributed by atoms with Crippen molar-refractivity contribution >= 4 is 0 Å². The molecule has 0 heterocycles. The van der Waals surface area contributed by atoms with Crippen molar-refractivity contribution in [1.82, 2.24) is 0 Å². The zero-order chi connectivity index (χ0) is 10.1. The molecule has 0 bridgehead atoms. The summed E-state index contributed by atoms with van der Waals surface area (Å²) in [6.45, 7) is 4.91. The second kappa shape index (κ2) is 3.87. The predicted molar refractivity (Wildman–Crippen MR) is 62.4 cm³/mol. The molecule has 2 aliphatic rings. The van der Waals surface area contributed by atoms with Crippen molar-refractivity contribution in [3.8, 4) is 0 Å². The predicted octanol–water partition coefficient (Wildman–Crippen LogP) is 4.93. The standard InChI is InChI=1S/C14H26/c1-13(2)9-11-14(12-10-13)7-5-3-4-6-8-14/h3-12H2,1-2H3. The molecule has 0 saturated heterocycles. The van der Waals surface area contributed by atoms with Gasteiger partial charge in [-0.3, -0.25) is 0 Å². The SMILES string of the molecule is CC1(C)CCC2(CCCCCC2)CC1. The second-order valence-electron chi connectivity index (χ2n) is 6.58. The minimum Gasteiger partial charge on any atom is -0.0599 e. The van der Waals surface area contributed by atoms with Crippen molar-refractivity contribution in [2.45, 2.75) is 78.1 Å². The highest BCUT2D eigenvalue weighted by atomic mass is 14.4. The Hall–Kier alpha value is 0. The monoisotopic (exact) mass is 194 g/mol. The Morgan fingerprint density at radius 1 is 0.571 bits per heavy atom. The van der Waals surface area contributed by atoms with Gasteiger partial charge in [-0.1, -0.05) is 39.5 Å². The molecule has 0 nitrogen and oxygen atoms in total. The van der Waals surface area contributed by atoms with Crippen molar-refractivity contribution in [2.75, 3.05) is 0 Å². The Morgan fingerprint density at radius 2 is 1.07 bits per heavy atom. The van der Waals surface area contributed by atoms with E-state index in [0.29, 0.717) is 5.41 Å². The van der Waals surface area contributed by atoms with E-state index >= 15 is 0 Å². The molecule has 0 aromatic rings. The van der Waals surface area contributed by atoms with Crippen LogP contribution in [-0.2, 0) is 0 Å². The van der Waals surface area contributed by atoms with E-state index in [1.807, 2.05) is 0 Å². The molecule has 1 spiro atoms. The van der Waals surface area contributed by atoms with E-state index in [-0.39, 0.29) is 0 Å². The highest BCUT2D eigenvalue weighted by Gasteiger charge is 2.37. The third-order valence-corrected chi connectivity index (χ3v) is 4.83. The summed E-state index contributed by atoms with van der Waals surface area (Å²) < 4.78 is 0. The van der Waals surface area contributed by atoms with Crippen LogP contribution in [0.4, 0.5) is 0 Å². The van der Waals surface area contributed by atoms with E-state index in [0.717, 1.165) is 5.41 Å². The van der Waals surface area contributed by atoms with Crippen molar-refractivity contribution in [2.24, 2.45) is 10.8 Å². The fourth-order valence-electron chi connectivity index (χ4n) is 3.44. The average molecular weight is 194 g/mol. The zero-order valence-corrected chi connectivity index (χ0v) is 10.1. The lowest BCUT2D eigenvalue weighted by molar-refractivity contribution is 0.0858. The van der Waals surface area contributed by atoms with Gasteiger partial charge in [0.15, 0.2) is 0 Å². The Bertz CT molecular complexity index is 170. The van der Waals surface area contributed by atoms with Gasteiger partial charge in [-0.2, -0.15) is 0 Å². The molecule has 82 valence electrons. The third-order valence-electron chi connectivity index (χ3n) is 4.83. The third kappa shape index (κ3) is 2.32. The van der Waals surface area contributed by atoms with Crippen LogP contribution in [0.5, 0.6) is 0 Å². The Morgan fingerprint density at radius 3 is 1.57 bits per heavy atom. The molecule has 0 N–H and O–H groups in total. The highest BCUT2D eigenvalue weighted by molar-refractivity contribution is 4.89. The molecule has 0 aromatic carbocycles. The number of rotatable bonds is 0. The van der Waals surface area contributed by atoms with E-state index in [4.69, 9.17) is 0 Å². The average Bonchev–Trinajstić information content (AvgIpc) is 2.37. The van der Waals surface area contributed by atoms with E-state index in [9.17, 15) is 0 Å². The van der Waals surface area contributed by atoms with Gasteiger partial charge in [0.25, 0.3) is 0 Å². The summed E-state index contributed by atoms with van der Waals surface area (Å²) in [5.41, 5.74) is 1.45. The van der Waals surface area contributed by atoms with Crippen LogP contribution >= 0.6 is 0 Å². The Kier molecular flexibility index (Phi) is 2.91. The molecule has 2 fully saturated rings. The summed E-state index contributed by atoms with van der Waals surface area (Å²) in [4.78, 5) is 0. The summed E-state index contributed by atoms with van der Waals surface area (Å²) in [5, 5.41) is 0. The molecule has 2 saturated carbocycles. The maximum absolute atomic E-state index is 2.45. The lowest BCUT2D eigenvalue weighted by atomic mass is 9.62. The van der Waals surface area contributed by atoms with Gasteiger partial charge in [-0.25, -0.2) is 0 Å². The number of hydrogen-bond acceptors (Lipinski definition) is 0. The molecule has 2 aliphatic carbocycles. The molecule has 0 radical (unpaired) electrons. The summed E-state index contributed by atoms with van der Waals surface area (Å²) in [6, 6.07) is 0. The quantitative estimate of drug-likeness (QED) is 0.513. The van der Waals surface area contributed by atoms with Crippen LogP contribution in [0, 0.1) is 10.8 Å². The van der Waals surface area contributed by atoms with Gasteiger partial charge in [0.05, 0.1) is 0 Å². The summed E-state index contributed by atoms with van der Waals surface area (Å²) in [7, 11) is 0. The maximum Gasteiger partial charge on any atom is -0.0297 e. The van der Waals surface area contributed by atoms with Crippen molar-refractivity contribution in [3.63, 3.8) is 0 Å². The Balaban J connectivity index is 1.96. The first-order valence-corrected chi connectivity index (χ1v) is 6.62. The lowest BCUT2D eigenvalue weighted by Gasteiger charge is -2.43. The van der Waals surface area contributed by atoms with Crippen molar-refractivity contribution in [3.05, 3.63) is 0 Å². The molecule has 0 aliphatic heterocycles. The first-order chi connectivity index (χ1) is 6.62. The molecule has 2 rings (SSSR count). The topological polar surface area (TPSA) is 0 Å². The van der Waals surface area contributed by atoms with Crippen molar-refractivity contribution < 1.29 is 0 Å². The van der Waals surface area contributed by atoms with Gasteiger partial charge in [-0.15, -0.1) is 0 Å². The van der Waals surface area contributed by atoms with Gasteiger partial charge in [-0.05, 0) is 49.4 Å². The van der Waals surface area contributed by atoms with Crippen LogP contribution in [0.1, 0.15) is 78.1 Å². The fraction of sp³-hybridized carbons (Fsp3) is 1.00. The molecular weight excluding hydrogens is 168 g/mol. The molecule has 0 unspecified atom stereocenters. The molecule has 0 heteroatoms. The van der Waals surface area contributed by atoms with Crippen LogP contribution in [0.25, 0.3) is 0 Å². The maximum atomic E-state index is 2.45. The van der Waals surface area contributed by atoms with Crippen LogP contribution < -0.4 is 0 Å². The van der Waals surface area contributed by atoms with E-state index in [1.165, 1.54) is 51.4 Å². The van der Waals surface area contributed by atoms with Gasteiger partial charge < -0.3 is 0 Å². The van der Waals surface area contributed by atoms with Crippen molar-refractivity contribution in [1.29, 1.82) is 0 Å². The van der Waals surface area contributed by atoms with Gasteiger partial charge >= 0.3 is 0 Å². The van der Waals surface area contributed by atoms with E-state index < -0.39 is 0 Å². The normalized spacial score (nSPS) is 31.3. The Labute approximate surface area is 89.5 Å². The van der Waals surface area contributed by atoms with Crippen LogP contribution in [0.2, 0.25) is 0 Å². The zero-order valence-electron chi connectivity index (χ0n) is 10.1. The number of hydrogen-bond donors (Lipinski definition) is 0. The summed E-state index contributed by atoms with van der Waals surface area (Å²) in [5.74, 6) is 0. The van der Waals surface area contributed by atoms with Gasteiger partial charge in [0.1, 0.15) is 0 Å². The molecule has 0 atom stereocenters. The van der Waals surface area contributed by atoms with Gasteiger partial charge in [0.2, 0.25) is 0 Å². The second-order valence-corrected chi connectivity index (χ2v) is 6.58. The summed E-state index contributed by atoms with van der Waals surface area (Å²) in [6.07, 6.45) is 15.1.